The number of aromatic nitrogens is 2. The summed E-state index contributed by atoms with van der Waals surface area (Å²) in [4.78, 5) is 8.32. The molecule has 0 spiro atoms. The predicted octanol–water partition coefficient (Wildman–Crippen LogP) is 4.99. The zero-order valence-corrected chi connectivity index (χ0v) is 13.3. The third kappa shape index (κ3) is 3.79. The Balaban J connectivity index is 1.89. The van der Waals surface area contributed by atoms with Crippen LogP contribution in [0.3, 0.4) is 0 Å². The van der Waals surface area contributed by atoms with Gasteiger partial charge in [-0.2, -0.15) is 0 Å². The summed E-state index contributed by atoms with van der Waals surface area (Å²) in [6.07, 6.45) is 3.17. The van der Waals surface area contributed by atoms with Crippen molar-refractivity contribution in [2.24, 2.45) is 0 Å². The van der Waals surface area contributed by atoms with Gasteiger partial charge in [-0.25, -0.2) is 4.98 Å². The van der Waals surface area contributed by atoms with Crippen LogP contribution in [0.2, 0.25) is 5.15 Å². The van der Waals surface area contributed by atoms with Crippen molar-refractivity contribution in [3.05, 3.63) is 66.1 Å². The summed E-state index contributed by atoms with van der Waals surface area (Å²) >= 11 is 5.90. The molecule has 4 nitrogen and oxygen atoms in total. The Kier molecular flexibility index (Phi) is 4.74. The molecule has 2 aromatic carbocycles. The maximum Gasteiger partial charge on any atom is 0.169 e. The third-order valence-corrected chi connectivity index (χ3v) is 3.29. The van der Waals surface area contributed by atoms with Crippen LogP contribution in [-0.4, -0.2) is 16.6 Å². The molecule has 3 aromatic rings. The second kappa shape index (κ2) is 7.11. The van der Waals surface area contributed by atoms with Crippen LogP contribution in [-0.2, 0) is 0 Å². The van der Waals surface area contributed by atoms with E-state index in [0.717, 1.165) is 5.56 Å². The first-order valence-corrected chi connectivity index (χ1v) is 7.61. The lowest BCUT2D eigenvalue weighted by atomic mass is 10.1. The first kappa shape index (κ1) is 15.3. The molecule has 0 aliphatic carbocycles. The van der Waals surface area contributed by atoms with Gasteiger partial charge in [-0.1, -0.05) is 35.9 Å². The van der Waals surface area contributed by atoms with Crippen LogP contribution in [0.1, 0.15) is 6.92 Å². The molecule has 0 saturated heterocycles. The highest BCUT2D eigenvalue weighted by atomic mass is 35.5. The van der Waals surface area contributed by atoms with E-state index in [0.29, 0.717) is 34.7 Å². The van der Waals surface area contributed by atoms with Crippen LogP contribution in [0.15, 0.2) is 60.9 Å². The third-order valence-electron chi connectivity index (χ3n) is 3.11. The number of hydrogen-bond acceptors (Lipinski definition) is 4. The zero-order valence-electron chi connectivity index (χ0n) is 12.6. The topological polar surface area (TPSA) is 44.2 Å². The molecule has 0 fully saturated rings. The molecule has 23 heavy (non-hydrogen) atoms. The van der Waals surface area contributed by atoms with Gasteiger partial charge in [0.15, 0.2) is 11.5 Å². The number of hydrogen-bond donors (Lipinski definition) is 0. The Morgan fingerprint density at radius 3 is 2.61 bits per heavy atom. The van der Waals surface area contributed by atoms with E-state index in [2.05, 4.69) is 9.97 Å². The Bertz CT molecular complexity index is 808. The molecule has 3 rings (SSSR count). The highest BCUT2D eigenvalue weighted by molar-refractivity contribution is 6.29. The highest BCUT2D eigenvalue weighted by Gasteiger charge is 2.07. The van der Waals surface area contributed by atoms with Crippen molar-refractivity contribution >= 4 is 11.6 Å². The maximum absolute atomic E-state index is 5.95. The molecular formula is C18H15ClN2O2. The first-order chi connectivity index (χ1) is 11.3. The van der Waals surface area contributed by atoms with Gasteiger partial charge in [0.1, 0.15) is 10.9 Å². The van der Waals surface area contributed by atoms with Crippen molar-refractivity contribution in [1.29, 1.82) is 0 Å². The fourth-order valence-electron chi connectivity index (χ4n) is 2.14. The average Bonchev–Trinajstić information content (AvgIpc) is 2.57. The molecule has 0 saturated carbocycles. The van der Waals surface area contributed by atoms with Crippen LogP contribution >= 0.6 is 11.6 Å². The van der Waals surface area contributed by atoms with Crippen LogP contribution in [0, 0.1) is 0 Å². The van der Waals surface area contributed by atoms with E-state index in [1.54, 1.807) is 6.20 Å². The smallest absolute Gasteiger partial charge is 0.169 e. The minimum Gasteiger partial charge on any atom is -0.490 e. The van der Waals surface area contributed by atoms with E-state index >= 15 is 0 Å². The summed E-state index contributed by atoms with van der Waals surface area (Å²) in [6, 6.07) is 15.2. The monoisotopic (exact) mass is 326 g/mol. The molecule has 0 N–H and O–H groups in total. The maximum atomic E-state index is 5.95. The minimum absolute atomic E-state index is 0.357. The Morgan fingerprint density at radius 1 is 1.00 bits per heavy atom. The molecule has 1 heterocycles. The Labute approximate surface area is 139 Å². The molecule has 1 aromatic heterocycles. The number of rotatable bonds is 5. The summed E-state index contributed by atoms with van der Waals surface area (Å²) in [5, 5.41) is 0.357. The van der Waals surface area contributed by atoms with Gasteiger partial charge in [-0.3, -0.25) is 4.98 Å². The lowest BCUT2D eigenvalue weighted by molar-refractivity contribution is 0.321. The lowest BCUT2D eigenvalue weighted by Crippen LogP contribution is -1.95. The molecule has 5 heteroatoms. The van der Waals surface area contributed by atoms with Crippen LogP contribution in [0.25, 0.3) is 11.3 Å². The molecule has 0 amide bonds. The van der Waals surface area contributed by atoms with Crippen LogP contribution in [0.5, 0.6) is 17.2 Å². The number of benzene rings is 2. The van der Waals surface area contributed by atoms with E-state index in [1.165, 1.54) is 6.20 Å². The zero-order chi connectivity index (χ0) is 16.1. The number of halogens is 1. The number of nitrogens with zero attached hydrogens (tertiary/aromatic N) is 2. The molecule has 0 unspecified atom stereocenters. The standard InChI is InChI=1S/C18H15ClN2O2/c1-2-22-16-8-3-4-9-17(16)23-14-7-5-6-13(10-14)15-11-20-12-18(19)21-15/h3-12H,2H2,1H3. The van der Waals surface area contributed by atoms with E-state index < -0.39 is 0 Å². The van der Waals surface area contributed by atoms with Gasteiger partial charge in [0.2, 0.25) is 0 Å². The summed E-state index contributed by atoms with van der Waals surface area (Å²) in [5.41, 5.74) is 1.58. The van der Waals surface area contributed by atoms with Gasteiger partial charge in [-0.15, -0.1) is 0 Å². The van der Waals surface area contributed by atoms with Crippen molar-refractivity contribution in [2.45, 2.75) is 6.92 Å². The van der Waals surface area contributed by atoms with Crippen molar-refractivity contribution in [3.8, 4) is 28.5 Å². The molecule has 0 aliphatic rings. The molecule has 0 atom stereocenters. The van der Waals surface area contributed by atoms with Gasteiger partial charge < -0.3 is 9.47 Å². The summed E-state index contributed by atoms with van der Waals surface area (Å²) in [5.74, 6) is 2.07. The van der Waals surface area contributed by atoms with Gasteiger partial charge in [0.05, 0.1) is 24.7 Å². The first-order valence-electron chi connectivity index (χ1n) is 7.24. The number of para-hydroxylation sites is 2. The summed E-state index contributed by atoms with van der Waals surface area (Å²) in [7, 11) is 0. The highest BCUT2D eigenvalue weighted by Crippen LogP contribution is 2.32. The summed E-state index contributed by atoms with van der Waals surface area (Å²) in [6.45, 7) is 2.52. The quantitative estimate of drug-likeness (QED) is 0.662. The van der Waals surface area contributed by atoms with Gasteiger partial charge in [0, 0.05) is 5.56 Å². The Hall–Kier alpha value is -2.59. The molecule has 0 aliphatic heterocycles. The van der Waals surface area contributed by atoms with Crippen molar-refractivity contribution < 1.29 is 9.47 Å². The number of ether oxygens (including phenoxy) is 2. The molecular weight excluding hydrogens is 312 g/mol. The second-order valence-electron chi connectivity index (χ2n) is 4.74. The lowest BCUT2D eigenvalue weighted by Gasteiger charge is -2.12. The van der Waals surface area contributed by atoms with Crippen LogP contribution < -0.4 is 9.47 Å². The summed E-state index contributed by atoms with van der Waals surface area (Å²) < 4.78 is 11.5. The van der Waals surface area contributed by atoms with E-state index in [-0.39, 0.29) is 0 Å². The second-order valence-corrected chi connectivity index (χ2v) is 5.12. The molecule has 0 radical (unpaired) electrons. The van der Waals surface area contributed by atoms with Crippen molar-refractivity contribution in [3.63, 3.8) is 0 Å². The fraction of sp³-hybridized carbons (Fsp3) is 0.111. The van der Waals surface area contributed by atoms with Crippen molar-refractivity contribution in [1.82, 2.24) is 9.97 Å². The Morgan fingerprint density at radius 2 is 1.83 bits per heavy atom. The molecule has 116 valence electrons. The van der Waals surface area contributed by atoms with Gasteiger partial charge in [0.25, 0.3) is 0 Å². The van der Waals surface area contributed by atoms with Crippen molar-refractivity contribution in [2.75, 3.05) is 6.61 Å². The fourth-order valence-corrected chi connectivity index (χ4v) is 2.28. The van der Waals surface area contributed by atoms with Crippen LogP contribution in [0.4, 0.5) is 0 Å². The van der Waals surface area contributed by atoms with Gasteiger partial charge in [-0.05, 0) is 31.2 Å². The van der Waals surface area contributed by atoms with E-state index in [9.17, 15) is 0 Å². The normalized spacial score (nSPS) is 10.3. The van der Waals surface area contributed by atoms with E-state index in [1.807, 2.05) is 55.5 Å². The largest absolute Gasteiger partial charge is 0.490 e. The predicted molar refractivity (Wildman–Crippen MR) is 90.2 cm³/mol. The SMILES string of the molecule is CCOc1ccccc1Oc1cccc(-c2cncc(Cl)n2)c1. The van der Waals surface area contributed by atoms with Gasteiger partial charge >= 0.3 is 0 Å². The van der Waals surface area contributed by atoms with E-state index in [4.69, 9.17) is 21.1 Å². The average molecular weight is 327 g/mol. The minimum atomic E-state index is 0.357. The molecule has 0 bridgehead atoms.